The van der Waals surface area contributed by atoms with Crippen LogP contribution in [0.1, 0.15) is 132 Å². The zero-order valence-electron chi connectivity index (χ0n) is 49.2. The minimum absolute atomic E-state index is 0.0215. The number of Topliss-reactive ketones (excluding diaryl/α,β-unsaturated/α-hetero) is 3. The van der Waals surface area contributed by atoms with Gasteiger partial charge < -0.3 is 53.0 Å². The van der Waals surface area contributed by atoms with Crippen LogP contribution in [0.2, 0.25) is 0 Å². The minimum Gasteiger partial charge on any atom is -0.464 e. The molecule has 0 aromatic carbocycles. The number of ketones is 3. The molecule has 1 aliphatic carbocycles. The number of hydrogen-bond donors (Lipinski definition) is 2. The molecule has 2 saturated heterocycles. The lowest BCUT2D eigenvalue weighted by Gasteiger charge is -2.42. The van der Waals surface area contributed by atoms with Crippen molar-refractivity contribution >= 4 is 79.0 Å². The van der Waals surface area contributed by atoms with E-state index in [1.54, 1.807) is 40.9 Å². The average molecular weight is 1270 g/mol. The smallest absolute Gasteiger partial charge is 0.329 e. The monoisotopic (exact) mass is 1270 g/mol. The van der Waals surface area contributed by atoms with Gasteiger partial charge in [-0.3, -0.25) is 33.6 Å². The zero-order valence-corrected chi connectivity index (χ0v) is 52.4. The highest BCUT2D eigenvalue weighted by Crippen LogP contribution is 2.39. The van der Waals surface area contributed by atoms with Crippen LogP contribution in [-0.2, 0) is 76.3 Å². The molecule has 0 spiro atoms. The number of cyclic esters (lactones) is 1. The van der Waals surface area contributed by atoms with Gasteiger partial charge in [0.25, 0.3) is 11.7 Å². The third-order valence-corrected chi connectivity index (χ3v) is 17.4. The fourth-order valence-corrected chi connectivity index (χ4v) is 11.6. The third kappa shape index (κ3) is 19.5. The van der Waals surface area contributed by atoms with Gasteiger partial charge in [0.1, 0.15) is 65.5 Å². The van der Waals surface area contributed by atoms with Crippen molar-refractivity contribution in [2.24, 2.45) is 40.9 Å². The number of carbonyl (C=O) groups is 8. The summed E-state index contributed by atoms with van der Waals surface area (Å²) in [4.78, 5) is 111. The number of allylic oxidation sites excluding steroid dienone is 6. The molecule has 0 aromatic rings. The first-order chi connectivity index (χ1) is 38.3. The quantitative estimate of drug-likeness (QED) is 0.0558. The van der Waals surface area contributed by atoms with Gasteiger partial charge in [-0.05, 0) is 114 Å². The molecule has 3 fully saturated rings. The maximum absolute atomic E-state index is 14.7. The summed E-state index contributed by atoms with van der Waals surface area (Å²) in [5, 5.41) is 23.4. The topological polar surface area (TPSA) is 254 Å². The lowest BCUT2D eigenvalue weighted by atomic mass is 9.78. The van der Waals surface area contributed by atoms with Gasteiger partial charge in [-0.2, -0.15) is 0 Å². The van der Waals surface area contributed by atoms with Crippen LogP contribution in [0.15, 0.2) is 47.6 Å². The fraction of sp³-hybridized carbons (Fsp3) is 0.733. The van der Waals surface area contributed by atoms with Gasteiger partial charge >= 0.3 is 23.9 Å². The largest absolute Gasteiger partial charge is 0.464 e. The van der Waals surface area contributed by atoms with Crippen molar-refractivity contribution in [2.75, 3.05) is 51.7 Å². The summed E-state index contributed by atoms with van der Waals surface area (Å²) in [6, 6.07) is -1.23. The van der Waals surface area contributed by atoms with Crippen molar-refractivity contribution in [1.29, 1.82) is 0 Å². The normalized spacial score (nSPS) is 34.7. The number of aliphatic hydroxyl groups is 2. The summed E-state index contributed by atoms with van der Waals surface area (Å²) in [7, 11) is 4.40. The number of rotatable bonds is 14. The van der Waals surface area contributed by atoms with E-state index in [2.05, 4.69) is 31.9 Å². The van der Waals surface area contributed by atoms with Gasteiger partial charge in [-0.15, -0.1) is 0 Å². The number of carbonyl (C=O) groups excluding carboxylic acids is 8. The Bertz CT molecular complexity index is 2280. The van der Waals surface area contributed by atoms with Crippen LogP contribution < -0.4 is 0 Å². The van der Waals surface area contributed by atoms with Crippen LogP contribution in [0.25, 0.3) is 0 Å². The molecular formula is C60H89Br2NO18. The number of halogens is 2. The molecule has 0 aromatic heterocycles. The first-order valence-corrected chi connectivity index (χ1v) is 30.6. The lowest BCUT2D eigenvalue weighted by Crippen LogP contribution is -2.61. The molecule has 2 bridgehead atoms. The second kappa shape index (κ2) is 32.9. The van der Waals surface area contributed by atoms with E-state index >= 15 is 0 Å². The summed E-state index contributed by atoms with van der Waals surface area (Å²) < 4.78 is 46.4. The maximum atomic E-state index is 14.7. The Hall–Kier alpha value is -3.96. The Kier molecular flexibility index (Phi) is 28.3. The summed E-state index contributed by atoms with van der Waals surface area (Å²) in [6.07, 6.45) is 9.07. The number of hydrogen-bond acceptors (Lipinski definition) is 18. The van der Waals surface area contributed by atoms with E-state index in [-0.39, 0.29) is 59.9 Å². The van der Waals surface area contributed by atoms with Gasteiger partial charge in [0.15, 0.2) is 5.78 Å². The lowest BCUT2D eigenvalue weighted by molar-refractivity contribution is -0.265. The molecule has 4 aliphatic rings. The Labute approximate surface area is 495 Å². The van der Waals surface area contributed by atoms with Gasteiger partial charge in [0.2, 0.25) is 5.79 Å². The molecule has 456 valence electrons. The predicted octanol–water partition coefficient (Wildman–Crippen LogP) is 7.61. The highest BCUT2D eigenvalue weighted by molar-refractivity contribution is 9.09. The van der Waals surface area contributed by atoms with Crippen LogP contribution in [0.4, 0.5) is 0 Å². The highest BCUT2D eigenvalue weighted by atomic mass is 79.9. The maximum Gasteiger partial charge on any atom is 0.329 e. The molecule has 0 unspecified atom stereocenters. The number of ether oxygens (including phenoxy) is 8. The number of piperidine rings is 1. The average Bonchev–Trinajstić information content (AvgIpc) is 3.46. The van der Waals surface area contributed by atoms with Gasteiger partial charge in [0, 0.05) is 58.5 Å². The number of alkyl halides is 2. The summed E-state index contributed by atoms with van der Waals surface area (Å²) in [5.41, 5.74) is -0.364. The molecule has 19 nitrogen and oxygen atoms in total. The van der Waals surface area contributed by atoms with Gasteiger partial charge in [-0.25, -0.2) is 4.79 Å². The second-order valence-electron chi connectivity index (χ2n) is 23.1. The first kappa shape index (κ1) is 69.5. The van der Waals surface area contributed by atoms with Crippen molar-refractivity contribution in [3.05, 3.63) is 47.6 Å². The van der Waals surface area contributed by atoms with E-state index in [0.717, 1.165) is 10.5 Å². The second-order valence-corrected chi connectivity index (χ2v) is 24.2. The van der Waals surface area contributed by atoms with Crippen molar-refractivity contribution in [2.45, 2.75) is 187 Å². The summed E-state index contributed by atoms with van der Waals surface area (Å²) >= 11 is 6.08. The molecule has 2 N–H and O–H groups in total. The highest BCUT2D eigenvalue weighted by Gasteiger charge is 2.53. The summed E-state index contributed by atoms with van der Waals surface area (Å²) in [5.74, 6) is -10.9. The van der Waals surface area contributed by atoms with Crippen LogP contribution >= 0.6 is 31.9 Å². The number of aliphatic hydroxyl groups excluding tert-OH is 1. The van der Waals surface area contributed by atoms with E-state index < -0.39 is 132 Å². The number of methoxy groups -OCH3 is 3. The Balaban J connectivity index is 1.68. The molecule has 1 saturated carbocycles. The van der Waals surface area contributed by atoms with Crippen LogP contribution in [0, 0.1) is 40.9 Å². The Morgan fingerprint density at radius 1 is 0.827 bits per heavy atom. The summed E-state index contributed by atoms with van der Waals surface area (Å²) in [6.45, 7) is 13.1. The van der Waals surface area contributed by atoms with Crippen LogP contribution in [-0.4, -0.2) is 169 Å². The fourth-order valence-electron chi connectivity index (χ4n) is 11.2. The van der Waals surface area contributed by atoms with Crippen molar-refractivity contribution in [1.82, 2.24) is 4.90 Å². The van der Waals surface area contributed by atoms with Crippen molar-refractivity contribution in [3.63, 3.8) is 0 Å². The van der Waals surface area contributed by atoms with Gasteiger partial charge in [-0.1, -0.05) is 103 Å². The van der Waals surface area contributed by atoms with Crippen molar-refractivity contribution < 1.29 is 86.5 Å². The van der Waals surface area contributed by atoms with E-state index in [1.165, 1.54) is 21.1 Å². The number of nitrogens with zero attached hydrogens (tertiary/aromatic N) is 1. The molecule has 0 radical (unpaired) electrons. The Morgan fingerprint density at radius 2 is 1.49 bits per heavy atom. The van der Waals surface area contributed by atoms with E-state index in [9.17, 15) is 48.6 Å². The molecule has 3 heterocycles. The third-order valence-electron chi connectivity index (χ3n) is 16.5. The molecule has 1 amide bonds. The predicted molar refractivity (Wildman–Crippen MR) is 307 cm³/mol. The number of esters is 4. The standard InChI is InChI=1S/C60H89Br2NO18/c1-35-17-13-12-14-18-36(2)47(74-9)29-43-22-20-41(7)60(73,81-43)55(69)56(70)63-24-16-15-19-44(63)57(71)79-48(30-45(64)37(3)26-40(6)53(68)54(76-11)52(67)39(5)25-35)38(4)27-42-21-23-46(49(28-42)75-10)80-58(72)59(8,33-77-50(65)31-61)34-78-51(66)32-62/h12-14,17-18,26,35,37-39,41-44,46-49,53-54,68,73H,15-16,19-25,27-34H2,1-11H3/b14-12+,17-13+,36-18+,40-26+/t35-,37-,38-,39-,41-,42+,43+,44+,46-,47+,48+,49-,53-,54+,60-/m1/s1. The van der Waals surface area contributed by atoms with Crippen LogP contribution in [0.5, 0.6) is 0 Å². The van der Waals surface area contributed by atoms with E-state index in [4.69, 9.17) is 37.9 Å². The van der Waals surface area contributed by atoms with Gasteiger partial charge in [0.05, 0.1) is 18.3 Å². The molecule has 4 rings (SSSR count). The Morgan fingerprint density at radius 3 is 2.11 bits per heavy atom. The van der Waals surface area contributed by atoms with E-state index in [1.807, 2.05) is 51.2 Å². The van der Waals surface area contributed by atoms with Crippen molar-refractivity contribution in [3.8, 4) is 0 Å². The molecule has 81 heavy (non-hydrogen) atoms. The van der Waals surface area contributed by atoms with Crippen LogP contribution in [0.3, 0.4) is 0 Å². The SMILES string of the molecule is CO[C@H]1C[C@@H]2CC[C@@H](C)[C@@](O)(O2)C(=O)C(=O)N2CCCC[C@H]2C(=O)O[C@H]([C@H](C)C[C@@H]2CC[C@@H](OC(=O)C(C)(COC(=O)CBr)COC(=O)CBr)[C@H](OC)C2)CC(=O)[C@H](C)/C=C(\C)[C@@H](O)[C@@H](OC)C(=O)[C@H](C)C[C@H](C)/C=C/C=C/C=C/1C. The zero-order chi connectivity index (χ0) is 60.4. The number of amides is 1. The first-order valence-electron chi connectivity index (χ1n) is 28.4. The molecule has 15 atom stereocenters. The molecular weight excluding hydrogens is 1180 g/mol. The molecule has 21 heteroatoms. The van der Waals surface area contributed by atoms with E-state index in [0.29, 0.717) is 63.4 Å². The minimum atomic E-state index is -2.49. The number of fused-ring (bicyclic) bond motifs is 3. The molecule has 3 aliphatic heterocycles.